The first-order valence-electron chi connectivity index (χ1n) is 3.35. The predicted octanol–water partition coefficient (Wildman–Crippen LogP) is 2.41. The Morgan fingerprint density at radius 3 is 2.50 bits per heavy atom. The first-order valence-corrected chi connectivity index (χ1v) is 3.78. The Morgan fingerprint density at radius 2 is 2.25 bits per heavy atom. The van der Waals surface area contributed by atoms with Gasteiger partial charge in [-0.2, -0.15) is 0 Å². The van der Waals surface area contributed by atoms with Gasteiger partial charge >= 0.3 is 0 Å². The average molecular weight is 131 g/mol. The van der Waals surface area contributed by atoms with Crippen LogP contribution in [0.2, 0.25) is 0 Å². The second kappa shape index (κ2) is 1.23. The monoisotopic (exact) mass is 130 g/mol. The lowest BCUT2D eigenvalue weighted by Crippen LogP contribution is -1.96. The molecule has 1 heteroatoms. The molecule has 46 valence electrons. The van der Waals surface area contributed by atoms with E-state index in [1.54, 1.807) is 0 Å². The Bertz CT molecular complexity index is 122. The summed E-state index contributed by atoms with van der Waals surface area (Å²) in [6.07, 6.45) is 4.02. The minimum absolute atomic E-state index is 0.513. The summed E-state index contributed by atoms with van der Waals surface area (Å²) in [6, 6.07) is 0. The summed E-state index contributed by atoms with van der Waals surface area (Å²) in [5, 5.41) is 0.513. The zero-order valence-corrected chi connectivity index (χ0v) is 5.91. The molecule has 0 bridgehead atoms. The van der Waals surface area contributed by atoms with Crippen molar-refractivity contribution in [1.29, 1.82) is 0 Å². The van der Waals surface area contributed by atoms with Crippen molar-refractivity contribution >= 4 is 11.6 Å². The topological polar surface area (TPSA) is 0 Å². The predicted molar refractivity (Wildman–Crippen MR) is 35.1 cm³/mol. The van der Waals surface area contributed by atoms with Crippen LogP contribution in [0.4, 0.5) is 0 Å². The van der Waals surface area contributed by atoms with E-state index in [2.05, 4.69) is 6.92 Å². The Kier molecular flexibility index (Phi) is 0.787. The molecule has 0 amide bonds. The molecule has 3 atom stereocenters. The maximum Gasteiger partial charge on any atom is 0.0344 e. The van der Waals surface area contributed by atoms with Crippen LogP contribution in [-0.4, -0.2) is 5.38 Å². The summed E-state index contributed by atoms with van der Waals surface area (Å²) < 4.78 is 0. The molecule has 0 aliphatic heterocycles. The molecule has 0 aromatic rings. The van der Waals surface area contributed by atoms with Gasteiger partial charge in [-0.1, -0.05) is 6.92 Å². The van der Waals surface area contributed by atoms with Crippen molar-refractivity contribution in [2.45, 2.75) is 31.6 Å². The number of alkyl halides is 1. The zero-order chi connectivity index (χ0) is 5.78. The molecule has 0 radical (unpaired) electrons. The summed E-state index contributed by atoms with van der Waals surface area (Å²) in [7, 11) is 0. The zero-order valence-electron chi connectivity index (χ0n) is 5.15. The van der Waals surface area contributed by atoms with Crippen LogP contribution in [0.1, 0.15) is 26.2 Å². The quantitative estimate of drug-likeness (QED) is 0.442. The van der Waals surface area contributed by atoms with Gasteiger partial charge in [0.15, 0.2) is 0 Å². The molecule has 2 rings (SSSR count). The molecule has 2 saturated carbocycles. The lowest BCUT2D eigenvalue weighted by molar-refractivity contribution is 0.549. The highest BCUT2D eigenvalue weighted by atomic mass is 35.5. The smallest absolute Gasteiger partial charge is 0.0344 e. The van der Waals surface area contributed by atoms with Crippen LogP contribution in [0.15, 0.2) is 0 Å². The molecule has 0 N–H and O–H groups in total. The molecule has 0 heterocycles. The first-order chi connectivity index (χ1) is 3.71. The van der Waals surface area contributed by atoms with Crippen LogP contribution in [0.3, 0.4) is 0 Å². The molecular weight excluding hydrogens is 120 g/mol. The van der Waals surface area contributed by atoms with Gasteiger partial charge in [-0.3, -0.25) is 0 Å². The van der Waals surface area contributed by atoms with Crippen molar-refractivity contribution in [3.05, 3.63) is 0 Å². The van der Waals surface area contributed by atoms with Crippen LogP contribution in [0.25, 0.3) is 0 Å². The molecule has 0 nitrogen and oxygen atoms in total. The third kappa shape index (κ3) is 0.526. The SMILES string of the molecule is C[C@@]12C[C@H](Cl)C[C@@H]1C2. The highest BCUT2D eigenvalue weighted by Gasteiger charge is 2.55. The number of fused-ring (bicyclic) bond motifs is 1. The fourth-order valence-electron chi connectivity index (χ4n) is 2.02. The van der Waals surface area contributed by atoms with E-state index in [-0.39, 0.29) is 0 Å². The van der Waals surface area contributed by atoms with Gasteiger partial charge in [0, 0.05) is 5.38 Å². The van der Waals surface area contributed by atoms with E-state index in [0.717, 1.165) is 5.92 Å². The first kappa shape index (κ1) is 5.10. The Balaban J connectivity index is 2.10. The van der Waals surface area contributed by atoms with Crippen molar-refractivity contribution in [2.75, 3.05) is 0 Å². The van der Waals surface area contributed by atoms with Gasteiger partial charge < -0.3 is 0 Å². The van der Waals surface area contributed by atoms with Crippen molar-refractivity contribution in [3.8, 4) is 0 Å². The van der Waals surface area contributed by atoms with Crippen LogP contribution >= 0.6 is 11.6 Å². The molecule has 0 spiro atoms. The molecule has 8 heavy (non-hydrogen) atoms. The lowest BCUT2D eigenvalue weighted by atomic mass is 10.1. The largest absolute Gasteiger partial charge is 0.123 e. The third-order valence-electron chi connectivity index (χ3n) is 2.77. The Hall–Kier alpha value is 0.290. The number of hydrogen-bond donors (Lipinski definition) is 0. The average Bonchev–Trinajstić information content (AvgIpc) is 2.07. The number of hydrogen-bond acceptors (Lipinski definition) is 0. The second-order valence-corrected chi connectivity index (χ2v) is 4.21. The van der Waals surface area contributed by atoms with Crippen LogP contribution < -0.4 is 0 Å². The van der Waals surface area contributed by atoms with E-state index in [0.29, 0.717) is 10.8 Å². The highest BCUT2D eigenvalue weighted by molar-refractivity contribution is 6.20. The molecule has 0 unspecified atom stereocenters. The summed E-state index contributed by atoms with van der Waals surface area (Å²) >= 11 is 5.93. The molecule has 0 aromatic carbocycles. The van der Waals surface area contributed by atoms with E-state index >= 15 is 0 Å². The van der Waals surface area contributed by atoms with E-state index in [1.807, 2.05) is 0 Å². The van der Waals surface area contributed by atoms with Crippen LogP contribution in [-0.2, 0) is 0 Å². The van der Waals surface area contributed by atoms with E-state index < -0.39 is 0 Å². The van der Waals surface area contributed by atoms with Crippen molar-refractivity contribution in [3.63, 3.8) is 0 Å². The van der Waals surface area contributed by atoms with Crippen molar-refractivity contribution in [2.24, 2.45) is 11.3 Å². The van der Waals surface area contributed by atoms with Gasteiger partial charge in [-0.05, 0) is 30.6 Å². The molecule has 0 saturated heterocycles. The minimum atomic E-state index is 0.513. The van der Waals surface area contributed by atoms with E-state index in [4.69, 9.17) is 11.6 Å². The summed E-state index contributed by atoms with van der Waals surface area (Å²) in [5.74, 6) is 1.00. The van der Waals surface area contributed by atoms with Gasteiger partial charge in [0.25, 0.3) is 0 Å². The maximum atomic E-state index is 5.93. The third-order valence-corrected chi connectivity index (χ3v) is 3.10. The van der Waals surface area contributed by atoms with Crippen molar-refractivity contribution < 1.29 is 0 Å². The normalized spacial score (nSPS) is 60.8. The number of rotatable bonds is 0. The van der Waals surface area contributed by atoms with Crippen molar-refractivity contribution in [1.82, 2.24) is 0 Å². The van der Waals surface area contributed by atoms with Gasteiger partial charge in [0.2, 0.25) is 0 Å². The Morgan fingerprint density at radius 1 is 1.50 bits per heavy atom. The second-order valence-electron chi connectivity index (χ2n) is 3.59. The molecule has 2 fully saturated rings. The molecule has 0 aromatic heterocycles. The van der Waals surface area contributed by atoms with E-state index in [9.17, 15) is 0 Å². The lowest BCUT2D eigenvalue weighted by Gasteiger charge is -2.02. The summed E-state index contributed by atoms with van der Waals surface area (Å²) in [6.45, 7) is 2.36. The summed E-state index contributed by atoms with van der Waals surface area (Å²) in [4.78, 5) is 0. The van der Waals surface area contributed by atoms with Gasteiger partial charge in [0.05, 0.1) is 0 Å². The Labute approximate surface area is 55.2 Å². The molecule has 2 aliphatic carbocycles. The van der Waals surface area contributed by atoms with Crippen LogP contribution in [0.5, 0.6) is 0 Å². The molecular formula is C7H11Cl. The van der Waals surface area contributed by atoms with E-state index in [1.165, 1.54) is 19.3 Å². The number of halogens is 1. The fourth-order valence-corrected chi connectivity index (χ4v) is 2.59. The summed E-state index contributed by atoms with van der Waals surface area (Å²) in [5.41, 5.74) is 0.701. The standard InChI is InChI=1S/C7H11Cl/c1-7-3-5(7)2-6(8)4-7/h5-6H,2-4H2,1H3/t5-,6-,7-/m1/s1. The minimum Gasteiger partial charge on any atom is -0.123 e. The fraction of sp³-hybridized carbons (Fsp3) is 1.00. The highest BCUT2D eigenvalue weighted by Crippen LogP contribution is 2.64. The van der Waals surface area contributed by atoms with Crippen LogP contribution in [0, 0.1) is 11.3 Å². The maximum absolute atomic E-state index is 5.93. The van der Waals surface area contributed by atoms with Gasteiger partial charge in [0.1, 0.15) is 0 Å². The van der Waals surface area contributed by atoms with Gasteiger partial charge in [-0.25, -0.2) is 0 Å². The van der Waals surface area contributed by atoms with Gasteiger partial charge in [-0.15, -0.1) is 11.6 Å². The molecule has 2 aliphatic rings.